The summed E-state index contributed by atoms with van der Waals surface area (Å²) in [5, 5.41) is 9.44. The Balaban J connectivity index is 1.58. The fourth-order valence-corrected chi connectivity index (χ4v) is 4.13. The average Bonchev–Trinajstić information content (AvgIpc) is 3.32. The molecule has 134 valence electrons. The maximum atomic E-state index is 13.0. The highest BCUT2D eigenvalue weighted by Gasteiger charge is 2.19. The molecular weight excluding hydrogens is 355 g/mol. The standard InChI is InChI=1S/C18H17FN4O2S/c19-13-7-5-12(6-8-13)16-21-20-15(26-16)11-22-9-10-23(18(25)17(22)24)14-3-1-2-4-14/h5-10,14H,1-4,11H2. The Morgan fingerprint density at radius 2 is 1.77 bits per heavy atom. The van der Waals surface area contributed by atoms with Crippen LogP contribution in [0.3, 0.4) is 0 Å². The molecule has 0 radical (unpaired) electrons. The third-order valence-corrected chi connectivity index (χ3v) is 5.62. The largest absolute Gasteiger partial charge is 0.316 e. The van der Waals surface area contributed by atoms with Gasteiger partial charge in [0.05, 0.1) is 6.54 Å². The van der Waals surface area contributed by atoms with Crippen molar-refractivity contribution in [3.05, 3.63) is 68.2 Å². The molecule has 0 atom stereocenters. The van der Waals surface area contributed by atoms with E-state index in [4.69, 9.17) is 0 Å². The van der Waals surface area contributed by atoms with Crippen LogP contribution in [0.25, 0.3) is 10.6 Å². The second kappa shape index (κ2) is 6.95. The van der Waals surface area contributed by atoms with Gasteiger partial charge in [-0.05, 0) is 37.1 Å². The van der Waals surface area contributed by atoms with Gasteiger partial charge in [0.2, 0.25) is 0 Å². The Morgan fingerprint density at radius 1 is 1.04 bits per heavy atom. The predicted molar refractivity (Wildman–Crippen MR) is 96.9 cm³/mol. The summed E-state index contributed by atoms with van der Waals surface area (Å²) in [4.78, 5) is 24.8. The van der Waals surface area contributed by atoms with Gasteiger partial charge in [0.1, 0.15) is 15.8 Å². The van der Waals surface area contributed by atoms with E-state index >= 15 is 0 Å². The molecule has 0 amide bonds. The first-order valence-electron chi connectivity index (χ1n) is 8.52. The number of hydrogen-bond donors (Lipinski definition) is 0. The van der Waals surface area contributed by atoms with Gasteiger partial charge in [0.15, 0.2) is 0 Å². The van der Waals surface area contributed by atoms with Crippen molar-refractivity contribution in [2.45, 2.75) is 38.3 Å². The van der Waals surface area contributed by atoms with Gasteiger partial charge >= 0.3 is 11.1 Å². The Labute approximate surface area is 152 Å². The van der Waals surface area contributed by atoms with E-state index in [1.807, 2.05) is 0 Å². The Hall–Kier alpha value is -2.61. The molecule has 0 N–H and O–H groups in total. The maximum absolute atomic E-state index is 13.0. The second-order valence-corrected chi connectivity index (χ2v) is 7.45. The first-order valence-corrected chi connectivity index (χ1v) is 9.33. The minimum atomic E-state index is -0.544. The van der Waals surface area contributed by atoms with Crippen molar-refractivity contribution >= 4 is 11.3 Å². The molecule has 6 nitrogen and oxygen atoms in total. The molecule has 0 aliphatic heterocycles. The summed E-state index contributed by atoms with van der Waals surface area (Å²) in [7, 11) is 0. The zero-order valence-corrected chi connectivity index (χ0v) is 14.8. The average molecular weight is 372 g/mol. The number of hydrogen-bond acceptors (Lipinski definition) is 5. The van der Waals surface area contributed by atoms with Crippen molar-refractivity contribution < 1.29 is 4.39 Å². The molecule has 0 bridgehead atoms. The molecule has 1 aliphatic rings. The summed E-state index contributed by atoms with van der Waals surface area (Å²) in [6.07, 6.45) is 7.42. The fraction of sp³-hybridized carbons (Fsp3) is 0.333. The number of benzene rings is 1. The van der Waals surface area contributed by atoms with Gasteiger partial charge in [-0.1, -0.05) is 24.2 Å². The smallest absolute Gasteiger partial charge is 0.306 e. The molecule has 0 unspecified atom stereocenters. The summed E-state index contributed by atoms with van der Waals surface area (Å²) in [5.41, 5.74) is -0.264. The van der Waals surface area contributed by atoms with Crippen molar-refractivity contribution in [1.29, 1.82) is 0 Å². The van der Waals surface area contributed by atoms with Gasteiger partial charge in [-0.25, -0.2) is 4.39 Å². The molecule has 26 heavy (non-hydrogen) atoms. The van der Waals surface area contributed by atoms with Crippen LogP contribution in [-0.4, -0.2) is 19.3 Å². The lowest BCUT2D eigenvalue weighted by molar-refractivity contribution is 0.488. The molecule has 8 heteroatoms. The zero-order valence-electron chi connectivity index (χ0n) is 14.0. The zero-order chi connectivity index (χ0) is 18.1. The highest BCUT2D eigenvalue weighted by Crippen LogP contribution is 2.27. The maximum Gasteiger partial charge on any atom is 0.316 e. The van der Waals surface area contributed by atoms with Gasteiger partial charge in [-0.2, -0.15) is 0 Å². The topological polar surface area (TPSA) is 69.8 Å². The summed E-state index contributed by atoms with van der Waals surface area (Å²) >= 11 is 1.32. The van der Waals surface area contributed by atoms with Gasteiger partial charge < -0.3 is 9.13 Å². The quantitative estimate of drug-likeness (QED) is 0.661. The summed E-state index contributed by atoms with van der Waals surface area (Å²) < 4.78 is 15.9. The molecule has 1 aliphatic carbocycles. The van der Waals surface area contributed by atoms with E-state index in [1.54, 1.807) is 29.1 Å². The van der Waals surface area contributed by atoms with Crippen LogP contribution in [0.15, 0.2) is 46.2 Å². The first-order chi connectivity index (χ1) is 12.6. The van der Waals surface area contributed by atoms with Crippen molar-refractivity contribution in [2.75, 3.05) is 0 Å². The van der Waals surface area contributed by atoms with Crippen LogP contribution in [0, 0.1) is 5.82 Å². The van der Waals surface area contributed by atoms with Crippen LogP contribution in [-0.2, 0) is 6.54 Å². The van der Waals surface area contributed by atoms with Crippen LogP contribution in [0.1, 0.15) is 36.7 Å². The van der Waals surface area contributed by atoms with E-state index in [0.29, 0.717) is 10.0 Å². The highest BCUT2D eigenvalue weighted by atomic mass is 32.1. The van der Waals surface area contributed by atoms with Crippen molar-refractivity contribution in [3.8, 4) is 10.6 Å². The second-order valence-electron chi connectivity index (χ2n) is 6.39. The normalized spacial score (nSPS) is 14.8. The van der Waals surface area contributed by atoms with E-state index in [1.165, 1.54) is 28.0 Å². The lowest BCUT2D eigenvalue weighted by Gasteiger charge is -2.13. The molecule has 2 aromatic heterocycles. The van der Waals surface area contributed by atoms with E-state index in [9.17, 15) is 14.0 Å². The molecule has 0 saturated heterocycles. The van der Waals surface area contributed by atoms with Gasteiger partial charge in [0.25, 0.3) is 0 Å². The van der Waals surface area contributed by atoms with Crippen LogP contribution < -0.4 is 11.1 Å². The summed E-state index contributed by atoms with van der Waals surface area (Å²) in [5.74, 6) is -0.312. The molecule has 0 spiro atoms. The van der Waals surface area contributed by atoms with Crippen LogP contribution >= 0.6 is 11.3 Å². The molecule has 1 saturated carbocycles. The van der Waals surface area contributed by atoms with Crippen molar-refractivity contribution in [1.82, 2.24) is 19.3 Å². The van der Waals surface area contributed by atoms with E-state index in [0.717, 1.165) is 31.2 Å². The van der Waals surface area contributed by atoms with E-state index in [-0.39, 0.29) is 18.4 Å². The number of nitrogens with zero attached hydrogens (tertiary/aromatic N) is 4. The Bertz CT molecular complexity index is 1030. The molecular formula is C18H17FN4O2S. The number of rotatable bonds is 4. The van der Waals surface area contributed by atoms with E-state index in [2.05, 4.69) is 10.2 Å². The molecule has 1 aromatic carbocycles. The van der Waals surface area contributed by atoms with Crippen molar-refractivity contribution in [2.24, 2.45) is 0 Å². The third-order valence-electron chi connectivity index (χ3n) is 4.67. The minimum absolute atomic E-state index is 0.136. The first kappa shape index (κ1) is 16.8. The predicted octanol–water partition coefficient (Wildman–Crippen LogP) is 2.83. The Morgan fingerprint density at radius 3 is 2.50 bits per heavy atom. The number of aromatic nitrogens is 4. The van der Waals surface area contributed by atoms with E-state index < -0.39 is 11.1 Å². The monoisotopic (exact) mass is 372 g/mol. The van der Waals surface area contributed by atoms with Crippen LogP contribution in [0.4, 0.5) is 4.39 Å². The highest BCUT2D eigenvalue weighted by molar-refractivity contribution is 7.14. The molecule has 1 fully saturated rings. The van der Waals surface area contributed by atoms with Gasteiger partial charge in [-0.3, -0.25) is 9.59 Å². The third kappa shape index (κ3) is 3.24. The lowest BCUT2D eigenvalue weighted by Crippen LogP contribution is -2.41. The van der Waals surface area contributed by atoms with Crippen LogP contribution in [0.2, 0.25) is 0 Å². The van der Waals surface area contributed by atoms with Gasteiger partial charge in [0, 0.05) is 24.0 Å². The molecule has 2 heterocycles. The number of halogens is 1. The van der Waals surface area contributed by atoms with Gasteiger partial charge in [-0.15, -0.1) is 10.2 Å². The SMILES string of the molecule is O=c1c(=O)n(C2CCCC2)ccn1Cc1nnc(-c2ccc(F)cc2)s1. The molecule has 3 aromatic rings. The molecule has 4 rings (SSSR count). The minimum Gasteiger partial charge on any atom is -0.306 e. The Kier molecular flexibility index (Phi) is 4.50. The summed E-state index contributed by atoms with van der Waals surface area (Å²) in [6, 6.07) is 6.13. The van der Waals surface area contributed by atoms with Crippen molar-refractivity contribution in [3.63, 3.8) is 0 Å². The van der Waals surface area contributed by atoms with Crippen LogP contribution in [0.5, 0.6) is 0 Å². The summed E-state index contributed by atoms with van der Waals surface area (Å²) in [6.45, 7) is 0.193. The lowest BCUT2D eigenvalue weighted by atomic mass is 10.2. The fourth-order valence-electron chi connectivity index (χ4n) is 3.29.